The predicted octanol–water partition coefficient (Wildman–Crippen LogP) is 4.01. The zero-order valence-corrected chi connectivity index (χ0v) is 12.6. The summed E-state index contributed by atoms with van der Waals surface area (Å²) in [4.78, 5) is 4.47. The molecule has 0 spiro atoms. The molecule has 1 saturated carbocycles. The molecule has 1 atom stereocenters. The SMILES string of the molecule is COC1(C(O)c2cccc3cccnc23)CCCCCC1. The molecule has 2 aromatic rings. The van der Waals surface area contributed by atoms with Gasteiger partial charge in [-0.1, -0.05) is 49.9 Å². The molecule has 0 radical (unpaired) electrons. The van der Waals surface area contributed by atoms with Crippen molar-refractivity contribution in [2.24, 2.45) is 0 Å². The van der Waals surface area contributed by atoms with Gasteiger partial charge in [-0.2, -0.15) is 0 Å². The van der Waals surface area contributed by atoms with E-state index >= 15 is 0 Å². The largest absolute Gasteiger partial charge is 0.385 e. The van der Waals surface area contributed by atoms with Gasteiger partial charge in [-0.3, -0.25) is 4.98 Å². The van der Waals surface area contributed by atoms with Crippen LogP contribution in [-0.4, -0.2) is 22.8 Å². The summed E-state index contributed by atoms with van der Waals surface area (Å²) < 4.78 is 5.85. The van der Waals surface area contributed by atoms with Crippen LogP contribution < -0.4 is 0 Å². The Hall–Kier alpha value is -1.45. The highest BCUT2D eigenvalue weighted by atomic mass is 16.5. The maximum Gasteiger partial charge on any atom is 0.110 e. The lowest BCUT2D eigenvalue weighted by atomic mass is 9.83. The van der Waals surface area contributed by atoms with Crippen LogP contribution in [0.25, 0.3) is 10.9 Å². The highest BCUT2D eigenvalue weighted by Crippen LogP contribution is 2.41. The van der Waals surface area contributed by atoms with E-state index in [0.29, 0.717) is 0 Å². The maximum absolute atomic E-state index is 11.1. The van der Waals surface area contributed by atoms with Crippen molar-refractivity contribution >= 4 is 10.9 Å². The molecule has 0 aliphatic heterocycles. The molecule has 21 heavy (non-hydrogen) atoms. The van der Waals surface area contributed by atoms with Crippen LogP contribution in [0.2, 0.25) is 0 Å². The Balaban J connectivity index is 2.03. The molecular formula is C18H23NO2. The number of hydrogen-bond acceptors (Lipinski definition) is 3. The van der Waals surface area contributed by atoms with Crippen molar-refractivity contribution in [3.63, 3.8) is 0 Å². The molecule has 0 saturated heterocycles. The monoisotopic (exact) mass is 285 g/mol. The number of aliphatic hydroxyl groups excluding tert-OH is 1. The first-order valence-corrected chi connectivity index (χ1v) is 7.84. The third-order valence-electron chi connectivity index (χ3n) is 4.81. The van der Waals surface area contributed by atoms with Crippen molar-refractivity contribution in [2.45, 2.75) is 50.2 Å². The Morgan fingerprint density at radius 1 is 1.10 bits per heavy atom. The molecule has 1 aromatic heterocycles. The van der Waals surface area contributed by atoms with Gasteiger partial charge in [0.05, 0.1) is 11.1 Å². The fraction of sp³-hybridized carbons (Fsp3) is 0.500. The summed E-state index contributed by atoms with van der Waals surface area (Å²) >= 11 is 0. The topological polar surface area (TPSA) is 42.4 Å². The van der Waals surface area contributed by atoms with Gasteiger partial charge in [-0.05, 0) is 18.9 Å². The van der Waals surface area contributed by atoms with Crippen molar-refractivity contribution in [2.75, 3.05) is 7.11 Å². The van der Waals surface area contributed by atoms with E-state index in [1.807, 2.05) is 30.3 Å². The minimum absolute atomic E-state index is 0.470. The van der Waals surface area contributed by atoms with Gasteiger partial charge in [0.1, 0.15) is 6.10 Å². The molecule has 0 bridgehead atoms. The van der Waals surface area contributed by atoms with Crippen molar-refractivity contribution in [1.82, 2.24) is 4.98 Å². The van der Waals surface area contributed by atoms with E-state index in [1.54, 1.807) is 13.3 Å². The average molecular weight is 285 g/mol. The summed E-state index contributed by atoms with van der Waals surface area (Å²) in [6.07, 6.45) is 7.66. The summed E-state index contributed by atoms with van der Waals surface area (Å²) in [6, 6.07) is 9.96. The second-order valence-electron chi connectivity index (χ2n) is 6.01. The first-order chi connectivity index (χ1) is 10.3. The summed E-state index contributed by atoms with van der Waals surface area (Å²) in [5.74, 6) is 0. The van der Waals surface area contributed by atoms with Crippen LogP contribution in [0.3, 0.4) is 0 Å². The number of aromatic nitrogens is 1. The molecule has 1 fully saturated rings. The second-order valence-corrected chi connectivity index (χ2v) is 6.01. The zero-order chi connectivity index (χ0) is 14.7. The minimum atomic E-state index is -0.626. The van der Waals surface area contributed by atoms with E-state index in [9.17, 15) is 5.11 Å². The van der Waals surface area contributed by atoms with E-state index in [4.69, 9.17) is 4.74 Å². The number of nitrogens with zero attached hydrogens (tertiary/aromatic N) is 1. The molecule has 1 aromatic carbocycles. The summed E-state index contributed by atoms with van der Waals surface area (Å²) in [5, 5.41) is 12.1. The molecule has 1 aliphatic rings. The lowest BCUT2D eigenvalue weighted by molar-refractivity contribution is -0.113. The van der Waals surface area contributed by atoms with E-state index in [-0.39, 0.29) is 0 Å². The normalized spacial score (nSPS) is 20.1. The van der Waals surface area contributed by atoms with Crippen LogP contribution in [0.4, 0.5) is 0 Å². The number of methoxy groups -OCH3 is 1. The van der Waals surface area contributed by atoms with E-state index in [2.05, 4.69) is 4.98 Å². The van der Waals surface area contributed by atoms with Crippen LogP contribution in [0.15, 0.2) is 36.5 Å². The van der Waals surface area contributed by atoms with Gasteiger partial charge >= 0.3 is 0 Å². The Kier molecular flexibility index (Phi) is 4.22. The van der Waals surface area contributed by atoms with Crippen molar-refractivity contribution in [1.29, 1.82) is 0 Å². The number of pyridine rings is 1. The fourth-order valence-electron chi connectivity index (χ4n) is 3.55. The molecule has 1 unspecified atom stereocenters. The quantitative estimate of drug-likeness (QED) is 0.866. The summed E-state index contributed by atoms with van der Waals surface area (Å²) in [7, 11) is 1.73. The number of para-hydroxylation sites is 1. The number of ether oxygens (including phenoxy) is 1. The Labute approximate surface area is 126 Å². The number of hydrogen-bond donors (Lipinski definition) is 1. The molecule has 1 aliphatic carbocycles. The molecule has 1 N–H and O–H groups in total. The first-order valence-electron chi connectivity index (χ1n) is 7.84. The summed E-state index contributed by atoms with van der Waals surface area (Å²) in [6.45, 7) is 0. The average Bonchev–Trinajstić information content (AvgIpc) is 2.80. The number of fused-ring (bicyclic) bond motifs is 1. The predicted molar refractivity (Wildman–Crippen MR) is 84.1 cm³/mol. The molecule has 3 heteroatoms. The Bertz CT molecular complexity index is 598. The van der Waals surface area contributed by atoms with E-state index < -0.39 is 11.7 Å². The van der Waals surface area contributed by atoms with Gasteiger partial charge in [-0.15, -0.1) is 0 Å². The molecular weight excluding hydrogens is 262 g/mol. The highest BCUT2D eigenvalue weighted by Gasteiger charge is 2.39. The van der Waals surface area contributed by atoms with Crippen LogP contribution in [0.5, 0.6) is 0 Å². The number of rotatable bonds is 3. The molecule has 0 amide bonds. The molecule has 3 nitrogen and oxygen atoms in total. The first kappa shape index (κ1) is 14.5. The standard InChI is InChI=1S/C18H23NO2/c1-21-18(11-4-2-3-5-12-18)17(20)15-10-6-8-14-9-7-13-19-16(14)15/h6-10,13,17,20H,2-5,11-12H2,1H3. The van der Waals surface area contributed by atoms with Crippen molar-refractivity contribution < 1.29 is 9.84 Å². The smallest absolute Gasteiger partial charge is 0.110 e. The third-order valence-corrected chi connectivity index (χ3v) is 4.81. The van der Waals surface area contributed by atoms with Gasteiger partial charge in [-0.25, -0.2) is 0 Å². The van der Waals surface area contributed by atoms with Crippen LogP contribution >= 0.6 is 0 Å². The second kappa shape index (κ2) is 6.12. The fourth-order valence-corrected chi connectivity index (χ4v) is 3.55. The van der Waals surface area contributed by atoms with Gasteiger partial charge in [0, 0.05) is 24.3 Å². The minimum Gasteiger partial charge on any atom is -0.385 e. The van der Waals surface area contributed by atoms with Gasteiger partial charge in [0.15, 0.2) is 0 Å². The van der Waals surface area contributed by atoms with Crippen molar-refractivity contribution in [3.05, 3.63) is 42.1 Å². The molecule has 112 valence electrons. The molecule has 1 heterocycles. The maximum atomic E-state index is 11.1. The Morgan fingerprint density at radius 2 is 1.81 bits per heavy atom. The van der Waals surface area contributed by atoms with E-state index in [1.165, 1.54) is 12.8 Å². The van der Waals surface area contributed by atoms with Crippen molar-refractivity contribution in [3.8, 4) is 0 Å². The van der Waals surface area contributed by atoms with Gasteiger partial charge in [0.25, 0.3) is 0 Å². The summed E-state index contributed by atoms with van der Waals surface area (Å²) in [5.41, 5.74) is 1.30. The van der Waals surface area contributed by atoms with Gasteiger partial charge in [0.2, 0.25) is 0 Å². The number of benzene rings is 1. The van der Waals surface area contributed by atoms with Crippen LogP contribution in [0.1, 0.15) is 50.2 Å². The van der Waals surface area contributed by atoms with Gasteiger partial charge < -0.3 is 9.84 Å². The Morgan fingerprint density at radius 3 is 2.52 bits per heavy atom. The molecule has 3 rings (SSSR count). The number of aliphatic hydroxyl groups is 1. The zero-order valence-electron chi connectivity index (χ0n) is 12.6. The van der Waals surface area contributed by atoms with Crippen LogP contribution in [0, 0.1) is 0 Å². The third kappa shape index (κ3) is 2.68. The van der Waals surface area contributed by atoms with E-state index in [0.717, 1.165) is 42.1 Å². The lowest BCUT2D eigenvalue weighted by Gasteiger charge is -2.36. The highest BCUT2D eigenvalue weighted by molar-refractivity contribution is 5.82. The lowest BCUT2D eigenvalue weighted by Crippen LogP contribution is -2.38. The van der Waals surface area contributed by atoms with Crippen LogP contribution in [-0.2, 0) is 4.74 Å².